The Balaban J connectivity index is 1.27. The van der Waals surface area contributed by atoms with E-state index in [2.05, 4.69) is 67.5 Å². The van der Waals surface area contributed by atoms with Crippen LogP contribution in [0, 0.1) is 5.92 Å². The zero-order valence-corrected chi connectivity index (χ0v) is 19.9. The van der Waals surface area contributed by atoms with Gasteiger partial charge in [0.15, 0.2) is 0 Å². The Morgan fingerprint density at radius 2 is 2.09 bits per heavy atom. The molecule has 0 radical (unpaired) electrons. The normalized spacial score (nSPS) is 17.8. The van der Waals surface area contributed by atoms with Crippen LogP contribution in [0.15, 0.2) is 63.6 Å². The summed E-state index contributed by atoms with van der Waals surface area (Å²) in [6.07, 6.45) is 3.81. The number of nitrogens with zero attached hydrogens (tertiary/aromatic N) is 3. The van der Waals surface area contributed by atoms with Crippen molar-refractivity contribution in [2.75, 3.05) is 13.1 Å². The van der Waals surface area contributed by atoms with Gasteiger partial charge < -0.3 is 9.84 Å². The van der Waals surface area contributed by atoms with Gasteiger partial charge in [0.25, 0.3) is 0 Å². The lowest BCUT2D eigenvalue weighted by atomic mass is 9.96. The summed E-state index contributed by atoms with van der Waals surface area (Å²) in [7, 11) is 0. The van der Waals surface area contributed by atoms with Crippen LogP contribution in [0.2, 0.25) is 0 Å². The standard InChI is InChI=1S/C25H29BrN4O2/c1-18(12-13-19-7-3-2-4-8-19)27-25(31)21-10-6-14-30(16-21)17-23-28-24(29-32-23)20-9-5-11-22(26)15-20/h2-5,7-9,11,15,18,21H,6,10,12-14,16-17H2,1H3,(H,27,31). The molecule has 3 aromatic rings. The van der Waals surface area contributed by atoms with Crippen LogP contribution in [0.1, 0.15) is 37.6 Å². The molecule has 1 aliphatic heterocycles. The van der Waals surface area contributed by atoms with Crippen LogP contribution in [0.5, 0.6) is 0 Å². The lowest BCUT2D eigenvalue weighted by Crippen LogP contribution is -2.45. The molecule has 7 heteroatoms. The molecule has 1 aliphatic rings. The molecule has 2 aromatic carbocycles. The number of hydrogen-bond donors (Lipinski definition) is 1. The zero-order chi connectivity index (χ0) is 22.3. The molecule has 2 unspecified atom stereocenters. The van der Waals surface area contributed by atoms with E-state index in [1.165, 1.54) is 5.56 Å². The second-order valence-corrected chi connectivity index (χ2v) is 9.45. The fraction of sp³-hybridized carbons (Fsp3) is 0.400. The Bertz CT molecular complexity index is 1020. The molecule has 1 N–H and O–H groups in total. The van der Waals surface area contributed by atoms with E-state index in [1.807, 2.05) is 30.3 Å². The molecule has 2 atom stereocenters. The first-order chi connectivity index (χ1) is 15.6. The molecule has 0 spiro atoms. The summed E-state index contributed by atoms with van der Waals surface area (Å²) >= 11 is 3.47. The number of piperidine rings is 1. The quantitative estimate of drug-likeness (QED) is 0.482. The Morgan fingerprint density at radius 1 is 1.25 bits per heavy atom. The number of carbonyl (C=O) groups is 1. The van der Waals surface area contributed by atoms with Crippen molar-refractivity contribution in [1.82, 2.24) is 20.4 Å². The topological polar surface area (TPSA) is 71.3 Å². The second-order valence-electron chi connectivity index (χ2n) is 8.53. The van der Waals surface area contributed by atoms with Crippen LogP contribution >= 0.6 is 15.9 Å². The van der Waals surface area contributed by atoms with Crippen molar-refractivity contribution in [3.63, 3.8) is 0 Å². The SMILES string of the molecule is CC(CCc1ccccc1)NC(=O)C1CCCN(Cc2nc(-c3cccc(Br)c3)no2)C1. The first-order valence-electron chi connectivity index (χ1n) is 11.2. The van der Waals surface area contributed by atoms with Crippen LogP contribution in [-0.2, 0) is 17.8 Å². The molecule has 1 aromatic heterocycles. The second kappa shape index (κ2) is 10.9. The van der Waals surface area contributed by atoms with E-state index >= 15 is 0 Å². The summed E-state index contributed by atoms with van der Waals surface area (Å²) in [5, 5.41) is 7.33. The van der Waals surface area contributed by atoms with Gasteiger partial charge in [-0.2, -0.15) is 4.98 Å². The number of halogens is 1. The van der Waals surface area contributed by atoms with Crippen LogP contribution < -0.4 is 5.32 Å². The molecular formula is C25H29BrN4O2. The Hall–Kier alpha value is -2.51. The number of likely N-dealkylation sites (tertiary alicyclic amines) is 1. The average molecular weight is 497 g/mol. The molecular weight excluding hydrogens is 468 g/mol. The van der Waals surface area contributed by atoms with E-state index in [9.17, 15) is 4.79 Å². The predicted octanol–water partition coefficient (Wildman–Crippen LogP) is 4.85. The molecule has 1 amide bonds. The summed E-state index contributed by atoms with van der Waals surface area (Å²) in [4.78, 5) is 19.6. The van der Waals surface area contributed by atoms with Crippen LogP contribution in [0.25, 0.3) is 11.4 Å². The molecule has 0 bridgehead atoms. The van der Waals surface area contributed by atoms with Gasteiger partial charge in [0, 0.05) is 22.6 Å². The minimum Gasteiger partial charge on any atom is -0.353 e. The van der Waals surface area contributed by atoms with Gasteiger partial charge in [-0.3, -0.25) is 9.69 Å². The smallest absolute Gasteiger partial charge is 0.241 e. The number of rotatable bonds is 8. The summed E-state index contributed by atoms with van der Waals surface area (Å²) in [5.74, 6) is 1.31. The molecule has 0 saturated carbocycles. The lowest BCUT2D eigenvalue weighted by molar-refractivity contribution is -0.127. The minimum atomic E-state index is -0.00426. The molecule has 168 valence electrons. The van der Waals surface area contributed by atoms with Gasteiger partial charge in [-0.15, -0.1) is 0 Å². The average Bonchev–Trinajstić information content (AvgIpc) is 3.27. The van der Waals surface area contributed by atoms with Gasteiger partial charge in [0.05, 0.1) is 12.5 Å². The van der Waals surface area contributed by atoms with Crippen LogP contribution in [0.4, 0.5) is 0 Å². The number of aryl methyl sites for hydroxylation is 1. The minimum absolute atomic E-state index is 0.00426. The molecule has 2 heterocycles. The van der Waals surface area contributed by atoms with Crippen molar-refractivity contribution in [3.8, 4) is 11.4 Å². The van der Waals surface area contributed by atoms with Gasteiger partial charge in [-0.05, 0) is 56.8 Å². The third-order valence-corrected chi connectivity index (χ3v) is 6.38. The fourth-order valence-corrected chi connectivity index (χ4v) is 4.53. The van der Waals surface area contributed by atoms with Gasteiger partial charge in [0.1, 0.15) is 0 Å². The maximum absolute atomic E-state index is 12.8. The van der Waals surface area contributed by atoms with E-state index in [0.717, 1.165) is 42.3 Å². The van der Waals surface area contributed by atoms with E-state index in [1.54, 1.807) is 0 Å². The van der Waals surface area contributed by atoms with Crippen molar-refractivity contribution in [1.29, 1.82) is 0 Å². The molecule has 0 aliphatic carbocycles. The van der Waals surface area contributed by atoms with Crippen molar-refractivity contribution in [2.24, 2.45) is 5.92 Å². The van der Waals surface area contributed by atoms with Gasteiger partial charge >= 0.3 is 0 Å². The van der Waals surface area contributed by atoms with Crippen LogP contribution in [-0.4, -0.2) is 40.1 Å². The Labute approximate surface area is 197 Å². The highest BCUT2D eigenvalue weighted by Crippen LogP contribution is 2.22. The number of aromatic nitrogens is 2. The third-order valence-electron chi connectivity index (χ3n) is 5.88. The van der Waals surface area contributed by atoms with E-state index < -0.39 is 0 Å². The van der Waals surface area contributed by atoms with Gasteiger partial charge in [-0.1, -0.05) is 63.6 Å². The number of benzene rings is 2. The molecule has 4 rings (SSSR count). The largest absolute Gasteiger partial charge is 0.353 e. The van der Waals surface area contributed by atoms with Crippen molar-refractivity contribution in [2.45, 2.75) is 45.2 Å². The zero-order valence-electron chi connectivity index (χ0n) is 18.3. The van der Waals surface area contributed by atoms with Crippen molar-refractivity contribution in [3.05, 3.63) is 70.5 Å². The maximum atomic E-state index is 12.8. The van der Waals surface area contributed by atoms with Gasteiger partial charge in [-0.25, -0.2) is 0 Å². The van der Waals surface area contributed by atoms with Crippen LogP contribution in [0.3, 0.4) is 0 Å². The van der Waals surface area contributed by atoms with Crippen molar-refractivity contribution < 1.29 is 9.32 Å². The van der Waals surface area contributed by atoms with E-state index in [0.29, 0.717) is 24.8 Å². The summed E-state index contributed by atoms with van der Waals surface area (Å²) in [6.45, 7) is 4.30. The van der Waals surface area contributed by atoms with Crippen molar-refractivity contribution >= 4 is 21.8 Å². The first kappa shape index (κ1) is 22.7. The number of hydrogen-bond acceptors (Lipinski definition) is 5. The highest BCUT2D eigenvalue weighted by atomic mass is 79.9. The number of nitrogens with one attached hydrogen (secondary N) is 1. The molecule has 1 fully saturated rings. The molecule has 32 heavy (non-hydrogen) atoms. The van der Waals surface area contributed by atoms with Gasteiger partial charge in [0.2, 0.25) is 17.6 Å². The Morgan fingerprint density at radius 3 is 2.91 bits per heavy atom. The fourth-order valence-electron chi connectivity index (χ4n) is 4.13. The summed E-state index contributed by atoms with van der Waals surface area (Å²) in [5.41, 5.74) is 2.22. The first-order valence-corrected chi connectivity index (χ1v) is 12.0. The third kappa shape index (κ3) is 6.26. The summed E-state index contributed by atoms with van der Waals surface area (Å²) < 4.78 is 6.45. The highest BCUT2D eigenvalue weighted by molar-refractivity contribution is 9.10. The number of amides is 1. The number of carbonyl (C=O) groups excluding carboxylic acids is 1. The van der Waals surface area contributed by atoms with E-state index in [4.69, 9.17) is 4.52 Å². The lowest BCUT2D eigenvalue weighted by Gasteiger charge is -2.31. The predicted molar refractivity (Wildman–Crippen MR) is 128 cm³/mol. The Kier molecular flexibility index (Phi) is 7.71. The van der Waals surface area contributed by atoms with E-state index in [-0.39, 0.29) is 17.9 Å². The monoisotopic (exact) mass is 496 g/mol. The highest BCUT2D eigenvalue weighted by Gasteiger charge is 2.27. The maximum Gasteiger partial charge on any atom is 0.241 e. The molecule has 1 saturated heterocycles. The molecule has 6 nitrogen and oxygen atoms in total. The summed E-state index contributed by atoms with van der Waals surface area (Å²) in [6, 6.07) is 18.4.